The first-order valence-corrected chi connectivity index (χ1v) is 9.17. The topological polar surface area (TPSA) is 63.2 Å². The van der Waals surface area contributed by atoms with Gasteiger partial charge in [-0.25, -0.2) is 8.42 Å². The molecule has 0 aliphatic heterocycles. The molecule has 1 saturated carbocycles. The van der Waals surface area contributed by atoms with Gasteiger partial charge >= 0.3 is 0 Å². The van der Waals surface area contributed by atoms with Crippen molar-refractivity contribution in [2.24, 2.45) is 0 Å². The van der Waals surface area contributed by atoms with E-state index >= 15 is 0 Å². The van der Waals surface area contributed by atoms with Crippen molar-refractivity contribution in [3.8, 4) is 0 Å². The average Bonchev–Trinajstić information content (AvgIpc) is 2.90. The number of amides is 1. The van der Waals surface area contributed by atoms with Crippen LogP contribution in [0.1, 0.15) is 43.7 Å². The number of carbonyl (C=O) groups is 1. The van der Waals surface area contributed by atoms with E-state index < -0.39 is 15.1 Å². The smallest absolute Gasteiger partial charge is 0.238 e. The zero-order valence-electron chi connectivity index (χ0n) is 12.6. The SMILES string of the molecule is Cc1cccc(CS(=O)(=O)[C@H](C)C(=O)NC2CCCC2)c1. The van der Waals surface area contributed by atoms with Crippen LogP contribution < -0.4 is 5.32 Å². The van der Waals surface area contributed by atoms with Gasteiger partial charge in [-0.15, -0.1) is 0 Å². The van der Waals surface area contributed by atoms with Crippen molar-refractivity contribution in [1.29, 1.82) is 0 Å². The predicted molar refractivity (Wildman–Crippen MR) is 83.7 cm³/mol. The highest BCUT2D eigenvalue weighted by Crippen LogP contribution is 2.19. The molecule has 0 heterocycles. The molecule has 0 saturated heterocycles. The fourth-order valence-electron chi connectivity index (χ4n) is 2.71. The molecule has 0 aromatic heterocycles. The van der Waals surface area contributed by atoms with Crippen LogP contribution in [-0.2, 0) is 20.4 Å². The summed E-state index contributed by atoms with van der Waals surface area (Å²) in [5.41, 5.74) is 1.75. The van der Waals surface area contributed by atoms with E-state index in [4.69, 9.17) is 0 Å². The summed E-state index contributed by atoms with van der Waals surface area (Å²) in [5, 5.41) is 1.86. The molecule has 1 aliphatic carbocycles. The molecule has 4 nitrogen and oxygen atoms in total. The zero-order chi connectivity index (χ0) is 15.5. The summed E-state index contributed by atoms with van der Waals surface area (Å²) in [6, 6.07) is 7.54. The first-order chi connectivity index (χ1) is 9.88. The fourth-order valence-corrected chi connectivity index (χ4v) is 4.00. The fraction of sp³-hybridized carbons (Fsp3) is 0.562. The normalized spacial score (nSPS) is 17.6. The number of aryl methyl sites for hydroxylation is 1. The van der Waals surface area contributed by atoms with Crippen LogP contribution in [0.25, 0.3) is 0 Å². The number of hydrogen-bond donors (Lipinski definition) is 1. The first kappa shape index (κ1) is 16.0. The highest BCUT2D eigenvalue weighted by Gasteiger charge is 2.30. The molecule has 0 unspecified atom stereocenters. The Morgan fingerprint density at radius 2 is 2.00 bits per heavy atom. The summed E-state index contributed by atoms with van der Waals surface area (Å²) in [5.74, 6) is -0.456. The van der Waals surface area contributed by atoms with Crippen molar-refractivity contribution in [2.45, 2.75) is 56.6 Å². The van der Waals surface area contributed by atoms with E-state index in [1.54, 1.807) is 6.07 Å². The molecule has 1 aliphatic rings. The van der Waals surface area contributed by atoms with E-state index in [1.807, 2.05) is 25.1 Å². The van der Waals surface area contributed by atoms with Crippen LogP contribution in [0.3, 0.4) is 0 Å². The number of carbonyl (C=O) groups excluding carboxylic acids is 1. The third-order valence-corrected chi connectivity index (χ3v) is 6.09. The van der Waals surface area contributed by atoms with Crippen molar-refractivity contribution >= 4 is 15.7 Å². The van der Waals surface area contributed by atoms with Crippen LogP contribution >= 0.6 is 0 Å². The number of sulfone groups is 1. The Labute approximate surface area is 126 Å². The van der Waals surface area contributed by atoms with Crippen molar-refractivity contribution in [2.75, 3.05) is 0 Å². The Balaban J connectivity index is 2.02. The minimum atomic E-state index is -3.48. The Kier molecular flexibility index (Phi) is 5.04. The number of benzene rings is 1. The first-order valence-electron chi connectivity index (χ1n) is 7.46. The average molecular weight is 309 g/mol. The molecule has 0 radical (unpaired) electrons. The molecule has 0 bridgehead atoms. The summed E-state index contributed by atoms with van der Waals surface area (Å²) in [6.45, 7) is 3.40. The van der Waals surface area contributed by atoms with Gasteiger partial charge in [0.1, 0.15) is 5.25 Å². The molecule has 1 N–H and O–H groups in total. The van der Waals surface area contributed by atoms with Gasteiger partial charge in [-0.05, 0) is 32.3 Å². The Morgan fingerprint density at radius 3 is 2.62 bits per heavy atom. The third kappa shape index (κ3) is 4.30. The molecule has 0 spiro atoms. The van der Waals surface area contributed by atoms with Gasteiger partial charge in [0.05, 0.1) is 5.75 Å². The quantitative estimate of drug-likeness (QED) is 0.908. The van der Waals surface area contributed by atoms with E-state index in [0.717, 1.165) is 36.8 Å². The lowest BCUT2D eigenvalue weighted by Crippen LogP contribution is -2.42. The lowest BCUT2D eigenvalue weighted by Gasteiger charge is -2.17. The van der Waals surface area contributed by atoms with Crippen LogP contribution in [0.4, 0.5) is 0 Å². The second-order valence-corrected chi connectivity index (χ2v) is 8.25. The van der Waals surface area contributed by atoms with Gasteiger partial charge in [-0.1, -0.05) is 42.7 Å². The molecule has 5 heteroatoms. The maximum atomic E-state index is 12.4. The van der Waals surface area contributed by atoms with Gasteiger partial charge in [0.15, 0.2) is 9.84 Å². The summed E-state index contributed by atoms with van der Waals surface area (Å²) >= 11 is 0. The Bertz CT molecular complexity index is 604. The van der Waals surface area contributed by atoms with Gasteiger partial charge in [-0.2, -0.15) is 0 Å². The van der Waals surface area contributed by atoms with E-state index in [1.165, 1.54) is 6.92 Å². The van der Waals surface area contributed by atoms with Gasteiger partial charge < -0.3 is 5.32 Å². The molecule has 1 aromatic rings. The lowest BCUT2D eigenvalue weighted by molar-refractivity contribution is -0.121. The van der Waals surface area contributed by atoms with E-state index in [9.17, 15) is 13.2 Å². The lowest BCUT2D eigenvalue weighted by atomic mass is 10.2. The monoisotopic (exact) mass is 309 g/mol. The molecule has 21 heavy (non-hydrogen) atoms. The van der Waals surface area contributed by atoms with E-state index in [2.05, 4.69) is 5.32 Å². The van der Waals surface area contributed by atoms with Gasteiger partial charge in [-0.3, -0.25) is 4.79 Å². The molecule has 1 aromatic carbocycles. The molecule has 1 fully saturated rings. The molecule has 1 amide bonds. The van der Waals surface area contributed by atoms with Crippen molar-refractivity contribution < 1.29 is 13.2 Å². The highest BCUT2D eigenvalue weighted by atomic mass is 32.2. The Morgan fingerprint density at radius 1 is 1.33 bits per heavy atom. The highest BCUT2D eigenvalue weighted by molar-refractivity contribution is 7.92. The number of hydrogen-bond acceptors (Lipinski definition) is 3. The van der Waals surface area contributed by atoms with Gasteiger partial charge in [0.2, 0.25) is 5.91 Å². The number of nitrogens with one attached hydrogen (secondary N) is 1. The van der Waals surface area contributed by atoms with E-state index in [-0.39, 0.29) is 17.7 Å². The van der Waals surface area contributed by atoms with Crippen LogP contribution in [0.2, 0.25) is 0 Å². The second kappa shape index (κ2) is 6.60. The summed E-state index contributed by atoms with van der Waals surface area (Å²) in [7, 11) is -3.48. The molecule has 1 atom stereocenters. The number of rotatable bonds is 5. The van der Waals surface area contributed by atoms with Gasteiger partial charge in [0, 0.05) is 6.04 Å². The minimum absolute atomic E-state index is 0.0894. The zero-order valence-corrected chi connectivity index (χ0v) is 13.4. The summed E-state index contributed by atoms with van der Waals surface area (Å²) < 4.78 is 24.7. The third-order valence-electron chi connectivity index (χ3n) is 4.06. The van der Waals surface area contributed by atoms with Crippen LogP contribution in [0, 0.1) is 6.92 Å². The van der Waals surface area contributed by atoms with Crippen LogP contribution in [0.15, 0.2) is 24.3 Å². The van der Waals surface area contributed by atoms with Crippen molar-refractivity contribution in [3.63, 3.8) is 0 Å². The van der Waals surface area contributed by atoms with Crippen molar-refractivity contribution in [1.82, 2.24) is 5.32 Å². The Hall–Kier alpha value is -1.36. The van der Waals surface area contributed by atoms with Crippen LogP contribution in [-0.4, -0.2) is 25.6 Å². The second-order valence-electron chi connectivity index (χ2n) is 5.93. The standard InChI is InChI=1S/C16H23NO3S/c1-12-6-5-7-14(10-12)11-21(19,20)13(2)16(18)17-15-8-3-4-9-15/h5-7,10,13,15H,3-4,8-9,11H2,1-2H3,(H,17,18)/t13-/m1/s1. The summed E-state index contributed by atoms with van der Waals surface area (Å²) in [6.07, 6.45) is 4.12. The minimum Gasteiger partial charge on any atom is -0.352 e. The van der Waals surface area contributed by atoms with Crippen LogP contribution in [0.5, 0.6) is 0 Å². The van der Waals surface area contributed by atoms with E-state index in [0.29, 0.717) is 0 Å². The predicted octanol–water partition coefficient (Wildman–Crippen LogP) is 2.36. The molecule has 2 rings (SSSR count). The van der Waals surface area contributed by atoms with Gasteiger partial charge in [0.25, 0.3) is 0 Å². The largest absolute Gasteiger partial charge is 0.352 e. The molecule has 116 valence electrons. The maximum Gasteiger partial charge on any atom is 0.238 e. The molecular formula is C16H23NO3S. The molecular weight excluding hydrogens is 286 g/mol. The van der Waals surface area contributed by atoms with Crippen molar-refractivity contribution in [3.05, 3.63) is 35.4 Å². The summed E-state index contributed by atoms with van der Waals surface area (Å²) in [4.78, 5) is 12.1. The maximum absolute atomic E-state index is 12.4.